The molecular weight excluding hydrogens is 349 g/mol. The molecule has 0 aromatic carbocycles. The summed E-state index contributed by atoms with van der Waals surface area (Å²) in [4.78, 5) is 0. The summed E-state index contributed by atoms with van der Waals surface area (Å²) in [5.41, 5.74) is -2.76. The van der Waals surface area contributed by atoms with Crippen LogP contribution < -0.4 is 0 Å². The number of aromatic nitrogens is 2. The molecule has 1 atom stereocenters. The maximum atomic E-state index is 13.6. The van der Waals surface area contributed by atoms with E-state index in [4.69, 9.17) is 0 Å². The third kappa shape index (κ3) is 2.87. The molecular formula is C13H13F7N2O2. The maximum Gasteiger partial charge on any atom is 0.435 e. The first-order valence-electron chi connectivity index (χ1n) is 7.15. The molecule has 1 saturated carbocycles. The number of ether oxygens (including phenoxy) is 1. The molecule has 0 saturated heterocycles. The van der Waals surface area contributed by atoms with Gasteiger partial charge in [-0.05, 0) is 18.8 Å². The van der Waals surface area contributed by atoms with Crippen molar-refractivity contribution in [2.24, 2.45) is 5.92 Å². The van der Waals surface area contributed by atoms with E-state index >= 15 is 0 Å². The molecule has 1 aromatic rings. The van der Waals surface area contributed by atoms with Crippen LogP contribution in [0.5, 0.6) is 0 Å². The molecule has 4 nitrogen and oxygen atoms in total. The first-order chi connectivity index (χ1) is 11.0. The van der Waals surface area contributed by atoms with E-state index in [1.54, 1.807) is 0 Å². The van der Waals surface area contributed by atoms with Crippen molar-refractivity contribution in [1.29, 1.82) is 0 Å². The van der Waals surface area contributed by atoms with Gasteiger partial charge in [-0.2, -0.15) is 27.1 Å². The highest BCUT2D eigenvalue weighted by Crippen LogP contribution is 2.50. The minimum absolute atomic E-state index is 0.194. The summed E-state index contributed by atoms with van der Waals surface area (Å²) in [5, 5.41) is 12.9. The molecule has 2 aliphatic carbocycles. The summed E-state index contributed by atoms with van der Waals surface area (Å²) in [5.74, 6) is -4.00. The minimum Gasteiger partial charge on any atom is -0.382 e. The average Bonchev–Trinajstić information content (AvgIpc) is 2.84. The predicted molar refractivity (Wildman–Crippen MR) is 64.6 cm³/mol. The zero-order valence-corrected chi connectivity index (χ0v) is 12.0. The van der Waals surface area contributed by atoms with Gasteiger partial charge in [0.2, 0.25) is 0 Å². The molecule has 1 fully saturated rings. The minimum atomic E-state index is -4.97. The Balaban J connectivity index is 1.83. The molecule has 24 heavy (non-hydrogen) atoms. The number of nitrogens with zero attached hydrogens (tertiary/aromatic N) is 2. The van der Waals surface area contributed by atoms with Gasteiger partial charge in [-0.1, -0.05) is 0 Å². The Labute approximate surface area is 131 Å². The van der Waals surface area contributed by atoms with Crippen LogP contribution in [0.4, 0.5) is 30.7 Å². The van der Waals surface area contributed by atoms with Gasteiger partial charge < -0.3 is 9.84 Å². The van der Waals surface area contributed by atoms with Crippen LogP contribution in [0, 0.1) is 5.92 Å². The second kappa shape index (κ2) is 5.58. The molecule has 1 heterocycles. The van der Waals surface area contributed by atoms with Gasteiger partial charge in [-0.15, -0.1) is 0 Å². The number of rotatable bonds is 4. The molecule has 2 aliphatic rings. The second-order valence-corrected chi connectivity index (χ2v) is 6.08. The number of aliphatic hydroxyl groups excluding tert-OH is 1. The molecule has 0 amide bonds. The Morgan fingerprint density at radius 2 is 1.92 bits per heavy atom. The summed E-state index contributed by atoms with van der Waals surface area (Å²) in [6.45, 7) is -3.20. The highest BCUT2D eigenvalue weighted by atomic mass is 19.4. The third-order valence-corrected chi connectivity index (χ3v) is 4.41. The van der Waals surface area contributed by atoms with E-state index in [-0.39, 0.29) is 31.1 Å². The van der Waals surface area contributed by atoms with Crippen LogP contribution in [0.25, 0.3) is 0 Å². The summed E-state index contributed by atoms with van der Waals surface area (Å²) < 4.78 is 95.2. The molecule has 0 unspecified atom stereocenters. The first kappa shape index (κ1) is 17.5. The van der Waals surface area contributed by atoms with E-state index in [2.05, 4.69) is 9.84 Å². The molecule has 3 rings (SSSR count). The SMILES string of the molecule is O[C@H]1c2c(C(F)(F)F)nn([C@H]3C[C@H](COC(F)F)C3)c2CC1(F)F. The van der Waals surface area contributed by atoms with E-state index < -0.39 is 48.5 Å². The topological polar surface area (TPSA) is 47.3 Å². The third-order valence-electron chi connectivity index (χ3n) is 4.41. The fourth-order valence-corrected chi connectivity index (χ4v) is 3.23. The van der Waals surface area contributed by atoms with Gasteiger partial charge in [0.1, 0.15) is 6.10 Å². The van der Waals surface area contributed by atoms with Gasteiger partial charge in [0.15, 0.2) is 5.69 Å². The molecule has 11 heteroatoms. The Morgan fingerprint density at radius 1 is 1.29 bits per heavy atom. The smallest absolute Gasteiger partial charge is 0.382 e. The molecule has 0 radical (unpaired) electrons. The van der Waals surface area contributed by atoms with Crippen LogP contribution in [-0.4, -0.2) is 34.0 Å². The quantitative estimate of drug-likeness (QED) is 0.836. The van der Waals surface area contributed by atoms with Gasteiger partial charge in [-0.25, -0.2) is 8.78 Å². The molecule has 0 aliphatic heterocycles. The second-order valence-electron chi connectivity index (χ2n) is 6.08. The van der Waals surface area contributed by atoms with Crippen molar-refractivity contribution < 1.29 is 40.6 Å². The van der Waals surface area contributed by atoms with Crippen LogP contribution in [0.3, 0.4) is 0 Å². The van der Waals surface area contributed by atoms with Crippen LogP contribution >= 0.6 is 0 Å². The van der Waals surface area contributed by atoms with Gasteiger partial charge in [0, 0.05) is 5.56 Å². The fraction of sp³-hybridized carbons (Fsp3) is 0.769. The van der Waals surface area contributed by atoms with Crippen molar-refractivity contribution in [2.75, 3.05) is 6.61 Å². The average molecular weight is 362 g/mol. The summed E-state index contributed by atoms with van der Waals surface area (Å²) in [7, 11) is 0. The molecule has 1 aromatic heterocycles. The maximum absolute atomic E-state index is 13.6. The number of alkyl halides is 7. The van der Waals surface area contributed by atoms with E-state index in [0.717, 1.165) is 4.68 Å². The zero-order valence-electron chi connectivity index (χ0n) is 12.0. The number of halogens is 7. The normalized spacial score (nSPS) is 29.0. The number of aliphatic hydroxyl groups is 1. The van der Waals surface area contributed by atoms with Crippen molar-refractivity contribution in [2.45, 2.75) is 50.1 Å². The summed E-state index contributed by atoms with van der Waals surface area (Å²) in [6, 6.07) is -0.609. The van der Waals surface area contributed by atoms with Crippen LogP contribution in [0.15, 0.2) is 0 Å². The van der Waals surface area contributed by atoms with E-state index in [1.807, 2.05) is 0 Å². The summed E-state index contributed by atoms with van der Waals surface area (Å²) in [6.07, 6.45) is -8.18. The lowest BCUT2D eigenvalue weighted by molar-refractivity contribution is -0.150. The standard InChI is InChI=1S/C13H13F7N2O2/c14-11(15)24-4-5-1-6(2-5)22-7-3-12(16,17)10(23)8(7)9(21-22)13(18,19)20/h5-6,10-11,23H,1-4H2/t5-,6-,10-/m0/s1. The van der Waals surface area contributed by atoms with E-state index in [9.17, 15) is 35.8 Å². The Bertz CT molecular complexity index is 623. The highest BCUT2D eigenvalue weighted by Gasteiger charge is 2.55. The lowest BCUT2D eigenvalue weighted by Gasteiger charge is -2.36. The monoisotopic (exact) mass is 362 g/mol. The van der Waals surface area contributed by atoms with Crippen LogP contribution in [0.2, 0.25) is 0 Å². The molecule has 1 N–H and O–H groups in total. The first-order valence-corrected chi connectivity index (χ1v) is 7.15. The van der Waals surface area contributed by atoms with Crippen molar-refractivity contribution in [3.05, 3.63) is 17.0 Å². The Morgan fingerprint density at radius 3 is 2.46 bits per heavy atom. The molecule has 0 spiro atoms. The lowest BCUT2D eigenvalue weighted by atomic mass is 9.81. The van der Waals surface area contributed by atoms with Crippen molar-refractivity contribution >= 4 is 0 Å². The lowest BCUT2D eigenvalue weighted by Crippen LogP contribution is -2.33. The molecule has 136 valence electrons. The Kier molecular flexibility index (Phi) is 4.06. The van der Waals surface area contributed by atoms with Gasteiger partial charge in [0.25, 0.3) is 5.92 Å². The predicted octanol–water partition coefficient (Wildman–Crippen LogP) is 3.32. The molecule has 0 bridgehead atoms. The van der Waals surface area contributed by atoms with Crippen LogP contribution in [0.1, 0.15) is 41.9 Å². The number of hydrogen-bond donors (Lipinski definition) is 1. The van der Waals surface area contributed by atoms with E-state index in [1.165, 1.54) is 0 Å². The zero-order chi connectivity index (χ0) is 17.9. The van der Waals surface area contributed by atoms with Gasteiger partial charge >= 0.3 is 12.8 Å². The number of hydrogen-bond acceptors (Lipinski definition) is 3. The van der Waals surface area contributed by atoms with E-state index in [0.29, 0.717) is 0 Å². The summed E-state index contributed by atoms with van der Waals surface area (Å²) >= 11 is 0. The largest absolute Gasteiger partial charge is 0.435 e. The van der Waals surface area contributed by atoms with Crippen molar-refractivity contribution in [3.63, 3.8) is 0 Å². The van der Waals surface area contributed by atoms with Gasteiger partial charge in [0.05, 0.1) is 24.8 Å². The van der Waals surface area contributed by atoms with Crippen molar-refractivity contribution in [1.82, 2.24) is 9.78 Å². The fourth-order valence-electron chi connectivity index (χ4n) is 3.23. The number of fused-ring (bicyclic) bond motifs is 1. The van der Waals surface area contributed by atoms with Gasteiger partial charge in [-0.3, -0.25) is 4.68 Å². The Hall–Kier alpha value is -1.36. The highest BCUT2D eigenvalue weighted by molar-refractivity contribution is 5.38. The van der Waals surface area contributed by atoms with Crippen LogP contribution in [-0.2, 0) is 17.3 Å². The van der Waals surface area contributed by atoms with Crippen molar-refractivity contribution in [3.8, 4) is 0 Å².